The highest BCUT2D eigenvalue weighted by Crippen LogP contribution is 2.61. The standard InChI is InChI=1S/C31H27N3O4/c1-19-9-11-21(12-10-19)28(35)27-26(22-15-24(36-2)29(38-4)25(16-22)37-3)31(17-32,18-33)30-23-8-6-5-7-20(23)13-14-34(27)30/h5-16,26-27,30H,1-4H3. The number of nitrogens with zero attached hydrogens (tertiary/aromatic N) is 3. The molecule has 0 aromatic heterocycles. The fourth-order valence-corrected chi connectivity index (χ4v) is 5.84. The third-order valence-corrected chi connectivity index (χ3v) is 7.59. The summed E-state index contributed by atoms with van der Waals surface area (Å²) in [6.07, 6.45) is 3.77. The number of carbonyl (C=O) groups excluding carboxylic acids is 1. The summed E-state index contributed by atoms with van der Waals surface area (Å²) in [5, 5.41) is 21.5. The molecule has 0 aliphatic carbocycles. The van der Waals surface area contributed by atoms with Crippen LogP contribution in [-0.2, 0) is 0 Å². The molecular weight excluding hydrogens is 478 g/mol. The molecule has 0 N–H and O–H groups in total. The van der Waals surface area contributed by atoms with Crippen molar-refractivity contribution in [1.29, 1.82) is 10.5 Å². The summed E-state index contributed by atoms with van der Waals surface area (Å²) in [7, 11) is 4.53. The van der Waals surface area contributed by atoms with Gasteiger partial charge in [0.05, 0.1) is 39.5 Å². The molecule has 3 aromatic carbocycles. The Labute approximate surface area is 222 Å². The summed E-state index contributed by atoms with van der Waals surface area (Å²) in [6, 6.07) is 21.7. The van der Waals surface area contributed by atoms with Crippen molar-refractivity contribution in [3.05, 3.63) is 94.7 Å². The molecule has 0 bridgehead atoms. The second-order valence-electron chi connectivity index (χ2n) is 9.50. The lowest BCUT2D eigenvalue weighted by Crippen LogP contribution is -2.37. The van der Waals surface area contributed by atoms with Crippen molar-refractivity contribution < 1.29 is 19.0 Å². The highest BCUT2D eigenvalue weighted by atomic mass is 16.5. The fourth-order valence-electron chi connectivity index (χ4n) is 5.84. The zero-order valence-corrected chi connectivity index (χ0v) is 21.6. The normalized spacial score (nSPS) is 20.5. The number of nitriles is 2. The zero-order chi connectivity index (χ0) is 27.0. The van der Waals surface area contributed by atoms with Gasteiger partial charge in [-0.15, -0.1) is 0 Å². The molecule has 7 nitrogen and oxygen atoms in total. The van der Waals surface area contributed by atoms with E-state index in [1.165, 1.54) is 21.3 Å². The van der Waals surface area contributed by atoms with Crippen LogP contribution < -0.4 is 14.2 Å². The van der Waals surface area contributed by atoms with Gasteiger partial charge in [-0.3, -0.25) is 4.79 Å². The fraction of sp³-hybridized carbons (Fsp3) is 0.258. The van der Waals surface area contributed by atoms with E-state index in [2.05, 4.69) is 12.1 Å². The number of ether oxygens (including phenoxy) is 3. The molecule has 3 atom stereocenters. The molecule has 7 heteroatoms. The molecule has 2 aliphatic rings. The highest BCUT2D eigenvalue weighted by molar-refractivity contribution is 6.02. The first-order valence-corrected chi connectivity index (χ1v) is 12.2. The van der Waals surface area contributed by atoms with Crippen LogP contribution in [-0.4, -0.2) is 38.1 Å². The number of methoxy groups -OCH3 is 3. The molecule has 3 unspecified atom stereocenters. The molecule has 0 amide bonds. The van der Waals surface area contributed by atoms with Crippen molar-refractivity contribution in [3.8, 4) is 29.4 Å². The van der Waals surface area contributed by atoms with Gasteiger partial charge in [0.2, 0.25) is 5.75 Å². The largest absolute Gasteiger partial charge is 0.493 e. The van der Waals surface area contributed by atoms with Gasteiger partial charge in [0.1, 0.15) is 6.04 Å². The van der Waals surface area contributed by atoms with E-state index < -0.39 is 23.4 Å². The Morgan fingerprint density at radius 1 is 0.921 bits per heavy atom. The topological polar surface area (TPSA) is 95.6 Å². The lowest BCUT2D eigenvalue weighted by molar-refractivity contribution is 0.0874. The van der Waals surface area contributed by atoms with Gasteiger partial charge in [-0.1, -0.05) is 54.1 Å². The maximum absolute atomic E-state index is 14.3. The number of fused-ring (bicyclic) bond motifs is 3. The smallest absolute Gasteiger partial charge is 0.203 e. The summed E-state index contributed by atoms with van der Waals surface area (Å²) in [5.74, 6) is 0.148. The third kappa shape index (κ3) is 3.59. The van der Waals surface area contributed by atoms with Crippen LogP contribution in [0.25, 0.3) is 6.08 Å². The van der Waals surface area contributed by atoms with Crippen molar-refractivity contribution in [3.63, 3.8) is 0 Å². The van der Waals surface area contributed by atoms with Gasteiger partial charge in [-0.25, -0.2) is 0 Å². The van der Waals surface area contributed by atoms with Gasteiger partial charge in [-0.2, -0.15) is 10.5 Å². The maximum Gasteiger partial charge on any atom is 0.203 e. The van der Waals surface area contributed by atoms with Crippen molar-refractivity contribution in [2.45, 2.75) is 24.9 Å². The summed E-state index contributed by atoms with van der Waals surface area (Å²) < 4.78 is 16.7. The second-order valence-corrected chi connectivity index (χ2v) is 9.50. The average molecular weight is 506 g/mol. The van der Waals surface area contributed by atoms with E-state index in [0.29, 0.717) is 28.4 Å². The van der Waals surface area contributed by atoms with Crippen molar-refractivity contribution in [2.75, 3.05) is 21.3 Å². The molecule has 3 aromatic rings. The van der Waals surface area contributed by atoms with Crippen LogP contribution in [0, 0.1) is 35.0 Å². The second kappa shape index (κ2) is 9.61. The molecule has 2 heterocycles. The van der Waals surface area contributed by atoms with Crippen LogP contribution in [0.15, 0.2) is 66.9 Å². The molecule has 190 valence electrons. The van der Waals surface area contributed by atoms with E-state index in [1.807, 2.05) is 60.5 Å². The van der Waals surface area contributed by atoms with Gasteiger partial charge in [0.25, 0.3) is 0 Å². The van der Waals surface area contributed by atoms with Crippen LogP contribution >= 0.6 is 0 Å². The number of ketones is 1. The predicted molar refractivity (Wildman–Crippen MR) is 142 cm³/mol. The Hall–Kier alpha value is -4.75. The first-order chi connectivity index (χ1) is 18.4. The summed E-state index contributed by atoms with van der Waals surface area (Å²) in [6.45, 7) is 1.96. The van der Waals surface area contributed by atoms with Crippen LogP contribution in [0.4, 0.5) is 0 Å². The van der Waals surface area contributed by atoms with Crippen molar-refractivity contribution in [1.82, 2.24) is 4.90 Å². The maximum atomic E-state index is 14.3. The van der Waals surface area contributed by atoms with Crippen molar-refractivity contribution in [2.24, 2.45) is 5.41 Å². The van der Waals surface area contributed by atoms with E-state index in [9.17, 15) is 15.3 Å². The van der Waals surface area contributed by atoms with Crippen molar-refractivity contribution >= 4 is 11.9 Å². The Kier molecular flexibility index (Phi) is 6.30. The minimum Gasteiger partial charge on any atom is -0.493 e. The van der Waals surface area contributed by atoms with Crippen LogP contribution in [0.3, 0.4) is 0 Å². The average Bonchev–Trinajstić information content (AvgIpc) is 3.27. The first kappa shape index (κ1) is 24.9. The quantitative estimate of drug-likeness (QED) is 0.412. The minimum atomic E-state index is -1.60. The molecule has 2 aliphatic heterocycles. The van der Waals surface area contributed by atoms with Gasteiger partial charge in [-0.05, 0) is 41.8 Å². The Bertz CT molecular complexity index is 1470. The summed E-state index contributed by atoms with van der Waals surface area (Å²) in [5.41, 5.74) is 2.26. The van der Waals surface area contributed by atoms with E-state index in [-0.39, 0.29) is 5.78 Å². The monoisotopic (exact) mass is 505 g/mol. The molecule has 0 spiro atoms. The Balaban J connectivity index is 1.81. The Morgan fingerprint density at radius 2 is 1.55 bits per heavy atom. The lowest BCUT2D eigenvalue weighted by Gasteiger charge is -2.34. The minimum absolute atomic E-state index is 0.176. The summed E-state index contributed by atoms with van der Waals surface area (Å²) >= 11 is 0. The number of benzene rings is 3. The predicted octanol–water partition coefficient (Wildman–Crippen LogP) is 5.43. The number of carbonyl (C=O) groups is 1. The van der Waals surface area contributed by atoms with Gasteiger partial charge in [0, 0.05) is 17.7 Å². The molecule has 1 saturated heterocycles. The van der Waals surface area contributed by atoms with Gasteiger partial charge >= 0.3 is 0 Å². The van der Waals surface area contributed by atoms with Crippen LogP contribution in [0.5, 0.6) is 17.2 Å². The van der Waals surface area contributed by atoms with Gasteiger partial charge < -0.3 is 19.1 Å². The number of Topliss-reactive ketones (excluding diaryl/α,β-unsaturated/α-hetero) is 1. The van der Waals surface area contributed by atoms with E-state index in [1.54, 1.807) is 24.3 Å². The zero-order valence-electron chi connectivity index (χ0n) is 21.6. The van der Waals surface area contributed by atoms with E-state index in [0.717, 1.165) is 16.7 Å². The van der Waals surface area contributed by atoms with E-state index >= 15 is 0 Å². The van der Waals surface area contributed by atoms with Crippen LogP contribution in [0.1, 0.15) is 44.6 Å². The van der Waals surface area contributed by atoms with Gasteiger partial charge in [0.15, 0.2) is 22.7 Å². The lowest BCUT2D eigenvalue weighted by atomic mass is 9.67. The molecule has 0 radical (unpaired) electrons. The first-order valence-electron chi connectivity index (χ1n) is 12.2. The highest BCUT2D eigenvalue weighted by Gasteiger charge is 2.64. The van der Waals surface area contributed by atoms with Crippen LogP contribution in [0.2, 0.25) is 0 Å². The number of hydrogen-bond donors (Lipinski definition) is 0. The summed E-state index contributed by atoms with van der Waals surface area (Å²) in [4.78, 5) is 16.2. The molecule has 5 rings (SSSR count). The molecule has 0 saturated carbocycles. The third-order valence-electron chi connectivity index (χ3n) is 7.59. The Morgan fingerprint density at radius 3 is 2.13 bits per heavy atom. The molecule has 38 heavy (non-hydrogen) atoms. The molecular formula is C31H27N3O4. The number of hydrogen-bond acceptors (Lipinski definition) is 7. The van der Waals surface area contributed by atoms with E-state index in [4.69, 9.17) is 14.2 Å². The molecule has 1 fully saturated rings. The number of aryl methyl sites for hydroxylation is 1. The SMILES string of the molecule is COc1cc(C2C(C(=O)c3ccc(C)cc3)N3C=Cc4ccccc4C3C2(C#N)C#N)cc(OC)c1OC. The number of rotatable bonds is 6.